The lowest BCUT2D eigenvalue weighted by Crippen LogP contribution is -2.42. The fourth-order valence-electron chi connectivity index (χ4n) is 4.34. The number of likely N-dealkylation sites (tertiary alicyclic amines) is 2. The summed E-state index contributed by atoms with van der Waals surface area (Å²) < 4.78 is 0. The van der Waals surface area contributed by atoms with Crippen LogP contribution in [-0.4, -0.2) is 58.0 Å². The van der Waals surface area contributed by atoms with Gasteiger partial charge in [0.1, 0.15) is 0 Å². The third-order valence-electron chi connectivity index (χ3n) is 5.99. The van der Waals surface area contributed by atoms with Gasteiger partial charge in [0.15, 0.2) is 0 Å². The van der Waals surface area contributed by atoms with Crippen LogP contribution in [0.4, 0.5) is 0 Å². The monoisotopic (exact) mass is 381 g/mol. The van der Waals surface area contributed by atoms with Gasteiger partial charge in [-0.15, -0.1) is 0 Å². The molecule has 2 saturated heterocycles. The van der Waals surface area contributed by atoms with Gasteiger partial charge in [0.25, 0.3) is 0 Å². The first-order chi connectivity index (χ1) is 13.6. The van der Waals surface area contributed by atoms with Crippen molar-refractivity contribution in [3.05, 3.63) is 53.3 Å². The van der Waals surface area contributed by atoms with Crippen molar-refractivity contribution >= 4 is 11.8 Å². The Morgan fingerprint density at radius 2 is 1.96 bits per heavy atom. The molecule has 0 saturated carbocycles. The third-order valence-corrected chi connectivity index (χ3v) is 5.99. The molecule has 0 aliphatic carbocycles. The number of nitrogens with one attached hydrogen (secondary N) is 2. The Morgan fingerprint density at radius 3 is 2.71 bits per heavy atom. The second kappa shape index (κ2) is 8.14. The summed E-state index contributed by atoms with van der Waals surface area (Å²) in [5.41, 5.74) is 3.12. The minimum absolute atomic E-state index is 0.318. The number of H-pyrrole nitrogens is 1. The average Bonchev–Trinajstić information content (AvgIpc) is 3.31. The summed E-state index contributed by atoms with van der Waals surface area (Å²) in [6.45, 7) is 6.56. The normalized spacial score (nSPS) is 22.1. The summed E-state index contributed by atoms with van der Waals surface area (Å²) in [7, 11) is 0. The number of amides is 2. The van der Waals surface area contributed by atoms with E-state index in [1.54, 1.807) is 11.1 Å². The number of hydrogen-bond donors (Lipinski definition) is 2. The van der Waals surface area contributed by atoms with Crippen molar-refractivity contribution < 1.29 is 9.59 Å². The molecule has 2 aliphatic rings. The molecule has 2 N–H and O–H groups in total. The van der Waals surface area contributed by atoms with Crippen molar-refractivity contribution in [2.24, 2.45) is 11.8 Å². The van der Waals surface area contributed by atoms with Crippen LogP contribution < -0.4 is 5.32 Å². The molecule has 2 amide bonds. The number of nitrogens with zero attached hydrogens (tertiary/aromatic N) is 3. The van der Waals surface area contributed by atoms with E-state index in [0.29, 0.717) is 31.5 Å². The zero-order valence-electron chi connectivity index (χ0n) is 16.2. The van der Waals surface area contributed by atoms with Crippen LogP contribution in [0.5, 0.6) is 0 Å². The molecule has 2 aromatic rings. The van der Waals surface area contributed by atoms with Crippen molar-refractivity contribution in [1.82, 2.24) is 25.3 Å². The van der Waals surface area contributed by atoms with E-state index in [1.807, 2.05) is 13.0 Å². The molecule has 2 atom stereocenters. The van der Waals surface area contributed by atoms with E-state index in [1.165, 1.54) is 5.56 Å². The summed E-state index contributed by atoms with van der Waals surface area (Å²) in [6, 6.07) is 10.5. The van der Waals surface area contributed by atoms with E-state index >= 15 is 0 Å². The Hall–Kier alpha value is -2.67. The van der Waals surface area contributed by atoms with Gasteiger partial charge in [-0.25, -0.2) is 0 Å². The number of benzene rings is 1. The van der Waals surface area contributed by atoms with E-state index in [0.717, 1.165) is 37.3 Å². The molecular formula is C21H27N5O2. The van der Waals surface area contributed by atoms with Gasteiger partial charge in [-0.05, 0) is 37.3 Å². The number of carbonyl (C=O) groups excluding carboxylic acids is 2. The highest BCUT2D eigenvalue weighted by Gasteiger charge is 2.40. The highest BCUT2D eigenvalue weighted by molar-refractivity contribution is 6.35. The van der Waals surface area contributed by atoms with Gasteiger partial charge in [-0.3, -0.25) is 19.6 Å². The maximum absolute atomic E-state index is 12.6. The number of hydrogen-bond acceptors (Lipinski definition) is 4. The molecule has 1 aromatic heterocycles. The second-order valence-electron chi connectivity index (χ2n) is 7.94. The van der Waals surface area contributed by atoms with Crippen molar-refractivity contribution in [1.29, 1.82) is 0 Å². The minimum atomic E-state index is -0.527. The highest BCUT2D eigenvalue weighted by Crippen LogP contribution is 2.31. The summed E-state index contributed by atoms with van der Waals surface area (Å²) in [4.78, 5) is 29.1. The zero-order valence-corrected chi connectivity index (χ0v) is 16.2. The van der Waals surface area contributed by atoms with E-state index in [2.05, 4.69) is 44.7 Å². The van der Waals surface area contributed by atoms with Gasteiger partial charge in [-0.2, -0.15) is 5.10 Å². The number of rotatable bonds is 4. The van der Waals surface area contributed by atoms with Crippen LogP contribution in [0, 0.1) is 18.8 Å². The van der Waals surface area contributed by atoms with Crippen LogP contribution in [0.1, 0.15) is 23.2 Å². The summed E-state index contributed by atoms with van der Waals surface area (Å²) in [6.07, 6.45) is 2.75. The van der Waals surface area contributed by atoms with Crippen molar-refractivity contribution in [3.8, 4) is 0 Å². The zero-order chi connectivity index (χ0) is 19.5. The number of carbonyl (C=O) groups is 2. The van der Waals surface area contributed by atoms with Crippen molar-refractivity contribution in [2.45, 2.75) is 26.4 Å². The highest BCUT2D eigenvalue weighted by atomic mass is 16.2. The number of aryl methyl sites for hydroxylation is 1. The van der Waals surface area contributed by atoms with Gasteiger partial charge < -0.3 is 10.2 Å². The van der Waals surface area contributed by atoms with Crippen molar-refractivity contribution in [3.63, 3.8) is 0 Å². The number of piperidine rings is 1. The Labute approximate surface area is 165 Å². The molecule has 3 heterocycles. The van der Waals surface area contributed by atoms with Gasteiger partial charge >= 0.3 is 11.8 Å². The lowest BCUT2D eigenvalue weighted by molar-refractivity contribution is -0.145. The average molecular weight is 381 g/mol. The van der Waals surface area contributed by atoms with Crippen LogP contribution in [0.15, 0.2) is 36.5 Å². The van der Waals surface area contributed by atoms with E-state index in [9.17, 15) is 9.59 Å². The maximum atomic E-state index is 12.6. The second-order valence-corrected chi connectivity index (χ2v) is 7.94. The Bertz CT molecular complexity index is 834. The lowest BCUT2D eigenvalue weighted by atomic mass is 9.88. The lowest BCUT2D eigenvalue weighted by Gasteiger charge is -2.34. The standard InChI is InChI=1S/C21H27N5O2/c1-15-18(10-23-24-15)9-22-20(27)21(28)26-13-17-7-8-25(12-19(17)14-26)11-16-5-3-2-4-6-16/h2-6,10,17,19H,7-9,11-14H2,1H3,(H,22,27)(H,23,24)/t17-,19+/m0/s1. The number of aromatic nitrogens is 2. The topological polar surface area (TPSA) is 81.3 Å². The van der Waals surface area contributed by atoms with E-state index in [-0.39, 0.29) is 0 Å². The van der Waals surface area contributed by atoms with Crippen molar-refractivity contribution in [2.75, 3.05) is 26.2 Å². The molecule has 148 valence electrons. The molecule has 0 unspecified atom stereocenters. The van der Waals surface area contributed by atoms with Crippen LogP contribution in [0.25, 0.3) is 0 Å². The molecular weight excluding hydrogens is 354 g/mol. The van der Waals surface area contributed by atoms with E-state index in [4.69, 9.17) is 0 Å². The number of aromatic amines is 1. The molecule has 0 bridgehead atoms. The van der Waals surface area contributed by atoms with Crippen LogP contribution in [-0.2, 0) is 22.7 Å². The van der Waals surface area contributed by atoms with Gasteiger partial charge in [-0.1, -0.05) is 30.3 Å². The molecule has 4 rings (SSSR count). The Balaban J connectivity index is 1.29. The van der Waals surface area contributed by atoms with E-state index < -0.39 is 11.8 Å². The molecule has 2 fully saturated rings. The first kappa shape index (κ1) is 18.7. The maximum Gasteiger partial charge on any atom is 0.311 e. The molecule has 7 nitrogen and oxygen atoms in total. The molecule has 0 spiro atoms. The minimum Gasteiger partial charge on any atom is -0.344 e. The summed E-state index contributed by atoms with van der Waals surface area (Å²) >= 11 is 0. The van der Waals surface area contributed by atoms with Crippen LogP contribution in [0.2, 0.25) is 0 Å². The first-order valence-electron chi connectivity index (χ1n) is 9.92. The van der Waals surface area contributed by atoms with Crippen LogP contribution in [0.3, 0.4) is 0 Å². The first-order valence-corrected chi connectivity index (χ1v) is 9.92. The molecule has 7 heteroatoms. The summed E-state index contributed by atoms with van der Waals surface area (Å²) in [5.74, 6) is 0.00997. The fraction of sp³-hybridized carbons (Fsp3) is 0.476. The van der Waals surface area contributed by atoms with Gasteiger partial charge in [0, 0.05) is 44.0 Å². The largest absolute Gasteiger partial charge is 0.344 e. The molecule has 1 aromatic carbocycles. The smallest absolute Gasteiger partial charge is 0.311 e. The Morgan fingerprint density at radius 1 is 1.18 bits per heavy atom. The predicted molar refractivity (Wildman–Crippen MR) is 105 cm³/mol. The number of fused-ring (bicyclic) bond motifs is 1. The quantitative estimate of drug-likeness (QED) is 0.783. The fourth-order valence-corrected chi connectivity index (χ4v) is 4.34. The SMILES string of the molecule is Cc1[nH]ncc1CNC(=O)C(=O)N1C[C@H]2CN(Cc3ccccc3)CC[C@H]2C1. The van der Waals surface area contributed by atoms with Crippen LogP contribution >= 0.6 is 0 Å². The predicted octanol–water partition coefficient (Wildman–Crippen LogP) is 1.31. The third kappa shape index (κ3) is 4.09. The van der Waals surface area contributed by atoms with Gasteiger partial charge in [0.2, 0.25) is 0 Å². The Kier molecular flexibility index (Phi) is 5.43. The summed E-state index contributed by atoms with van der Waals surface area (Å²) in [5, 5.41) is 9.49. The molecule has 28 heavy (non-hydrogen) atoms. The van der Waals surface area contributed by atoms with Gasteiger partial charge in [0.05, 0.1) is 6.20 Å². The molecule has 0 radical (unpaired) electrons. The molecule has 2 aliphatic heterocycles.